The Bertz CT molecular complexity index is 536. The Hall–Kier alpha value is -0.160. The SMILES string of the molecule is Clc1c(Br)ccc2nc(C3CCOC3)sc12. The summed E-state index contributed by atoms with van der Waals surface area (Å²) in [6.07, 6.45) is 1.07. The van der Waals surface area contributed by atoms with Crippen LogP contribution in [0.4, 0.5) is 0 Å². The third-order valence-corrected chi connectivity index (χ3v) is 5.39. The van der Waals surface area contributed by atoms with E-state index in [2.05, 4.69) is 20.9 Å². The molecule has 0 bridgehead atoms. The van der Waals surface area contributed by atoms with Gasteiger partial charge < -0.3 is 4.74 Å². The monoisotopic (exact) mass is 317 g/mol. The predicted molar refractivity (Wildman–Crippen MR) is 70.5 cm³/mol. The average Bonchev–Trinajstić information content (AvgIpc) is 2.91. The highest BCUT2D eigenvalue weighted by atomic mass is 79.9. The van der Waals surface area contributed by atoms with Crippen LogP contribution in [0.25, 0.3) is 10.2 Å². The van der Waals surface area contributed by atoms with Gasteiger partial charge in [0, 0.05) is 17.0 Å². The number of hydrogen-bond donors (Lipinski definition) is 0. The number of aromatic nitrogens is 1. The number of nitrogens with zero attached hydrogens (tertiary/aromatic N) is 1. The van der Waals surface area contributed by atoms with E-state index in [-0.39, 0.29) is 0 Å². The van der Waals surface area contributed by atoms with Crippen molar-refractivity contribution in [3.05, 3.63) is 26.6 Å². The topological polar surface area (TPSA) is 22.1 Å². The van der Waals surface area contributed by atoms with E-state index in [0.29, 0.717) is 5.92 Å². The summed E-state index contributed by atoms with van der Waals surface area (Å²) in [6.45, 7) is 1.64. The molecule has 1 unspecified atom stereocenters. The van der Waals surface area contributed by atoms with Crippen LogP contribution >= 0.6 is 38.9 Å². The van der Waals surface area contributed by atoms with Crippen molar-refractivity contribution < 1.29 is 4.74 Å². The molecular weight excluding hydrogens is 310 g/mol. The van der Waals surface area contributed by atoms with Gasteiger partial charge in [-0.2, -0.15) is 0 Å². The molecule has 1 atom stereocenters. The Balaban J connectivity index is 2.11. The molecule has 0 N–H and O–H groups in total. The van der Waals surface area contributed by atoms with Gasteiger partial charge in [-0.25, -0.2) is 4.98 Å². The molecule has 0 aliphatic carbocycles. The molecule has 1 aromatic carbocycles. The summed E-state index contributed by atoms with van der Waals surface area (Å²) in [7, 11) is 0. The van der Waals surface area contributed by atoms with E-state index in [1.807, 2.05) is 12.1 Å². The Kier molecular flexibility index (Phi) is 2.92. The number of benzene rings is 1. The number of thiazole rings is 1. The molecule has 2 nitrogen and oxygen atoms in total. The standard InChI is InChI=1S/C11H9BrClNOS/c12-7-1-2-8-10(9(7)13)16-11(14-8)6-3-4-15-5-6/h1-2,6H,3-5H2. The first kappa shape index (κ1) is 11.0. The molecule has 1 aliphatic heterocycles. The summed E-state index contributed by atoms with van der Waals surface area (Å²) in [5, 5.41) is 1.91. The van der Waals surface area contributed by atoms with E-state index in [1.165, 1.54) is 0 Å². The molecule has 16 heavy (non-hydrogen) atoms. The van der Waals surface area contributed by atoms with Gasteiger partial charge in [0.1, 0.15) is 0 Å². The van der Waals surface area contributed by atoms with Crippen molar-refractivity contribution in [3.63, 3.8) is 0 Å². The Morgan fingerprint density at radius 2 is 2.38 bits per heavy atom. The van der Waals surface area contributed by atoms with E-state index in [0.717, 1.165) is 44.4 Å². The fourth-order valence-electron chi connectivity index (χ4n) is 1.86. The second kappa shape index (κ2) is 4.26. The summed E-state index contributed by atoms with van der Waals surface area (Å²) in [5.41, 5.74) is 0.986. The molecular formula is C11H9BrClNOS. The van der Waals surface area contributed by atoms with Crippen molar-refractivity contribution in [1.29, 1.82) is 0 Å². The van der Waals surface area contributed by atoms with E-state index in [4.69, 9.17) is 16.3 Å². The minimum atomic E-state index is 0.451. The molecule has 0 amide bonds. The summed E-state index contributed by atoms with van der Waals surface area (Å²) >= 11 is 11.4. The van der Waals surface area contributed by atoms with Gasteiger partial charge in [0.25, 0.3) is 0 Å². The quantitative estimate of drug-likeness (QED) is 0.785. The van der Waals surface area contributed by atoms with E-state index < -0.39 is 0 Å². The van der Waals surface area contributed by atoms with Gasteiger partial charge in [-0.05, 0) is 34.5 Å². The number of halogens is 2. The third-order valence-electron chi connectivity index (χ3n) is 2.75. The van der Waals surface area contributed by atoms with Crippen LogP contribution in [0.15, 0.2) is 16.6 Å². The number of rotatable bonds is 1. The van der Waals surface area contributed by atoms with Gasteiger partial charge in [0.05, 0.1) is 26.9 Å². The first-order chi connectivity index (χ1) is 7.75. The van der Waals surface area contributed by atoms with Gasteiger partial charge in [-0.3, -0.25) is 0 Å². The minimum absolute atomic E-state index is 0.451. The number of fused-ring (bicyclic) bond motifs is 1. The molecule has 2 aromatic rings. The summed E-state index contributed by atoms with van der Waals surface area (Å²) in [5.74, 6) is 0.451. The highest BCUT2D eigenvalue weighted by Gasteiger charge is 2.22. The zero-order chi connectivity index (χ0) is 11.1. The lowest BCUT2D eigenvalue weighted by Gasteiger charge is -1.99. The minimum Gasteiger partial charge on any atom is -0.381 e. The zero-order valence-corrected chi connectivity index (χ0v) is 11.5. The van der Waals surface area contributed by atoms with Crippen molar-refractivity contribution in [3.8, 4) is 0 Å². The highest BCUT2D eigenvalue weighted by molar-refractivity contribution is 9.10. The molecule has 1 aromatic heterocycles. The maximum absolute atomic E-state index is 6.24. The molecule has 3 rings (SSSR count). The molecule has 0 spiro atoms. The third kappa shape index (κ3) is 1.78. The molecule has 1 saturated heterocycles. The van der Waals surface area contributed by atoms with E-state index in [1.54, 1.807) is 11.3 Å². The number of hydrogen-bond acceptors (Lipinski definition) is 3. The molecule has 2 heterocycles. The molecule has 84 valence electrons. The van der Waals surface area contributed by atoms with E-state index >= 15 is 0 Å². The molecule has 0 saturated carbocycles. The largest absolute Gasteiger partial charge is 0.381 e. The van der Waals surface area contributed by atoms with Gasteiger partial charge in [-0.1, -0.05) is 11.6 Å². The predicted octanol–water partition coefficient (Wildman–Crippen LogP) is 4.22. The van der Waals surface area contributed by atoms with Crippen molar-refractivity contribution in [2.45, 2.75) is 12.3 Å². The van der Waals surface area contributed by atoms with Crippen LogP contribution < -0.4 is 0 Å². The Labute approximate surface area is 111 Å². The van der Waals surface area contributed by atoms with Crippen molar-refractivity contribution in [2.24, 2.45) is 0 Å². The van der Waals surface area contributed by atoms with Gasteiger partial charge in [0.2, 0.25) is 0 Å². The lowest BCUT2D eigenvalue weighted by Crippen LogP contribution is -1.95. The van der Waals surface area contributed by atoms with Crippen LogP contribution in [-0.2, 0) is 4.74 Å². The van der Waals surface area contributed by atoms with Crippen LogP contribution in [0, 0.1) is 0 Å². The summed E-state index contributed by atoms with van der Waals surface area (Å²) in [6, 6.07) is 3.94. The van der Waals surface area contributed by atoms with E-state index in [9.17, 15) is 0 Å². The summed E-state index contributed by atoms with van der Waals surface area (Å²) in [4.78, 5) is 4.63. The number of ether oxygens (including phenoxy) is 1. The maximum Gasteiger partial charge on any atom is 0.0993 e. The van der Waals surface area contributed by atoms with Gasteiger partial charge in [0.15, 0.2) is 0 Å². The average molecular weight is 319 g/mol. The van der Waals surface area contributed by atoms with Crippen LogP contribution in [0.2, 0.25) is 5.02 Å². The normalized spacial score (nSPS) is 20.8. The Morgan fingerprint density at radius 1 is 1.50 bits per heavy atom. The van der Waals surface area contributed by atoms with Gasteiger partial charge in [-0.15, -0.1) is 11.3 Å². The van der Waals surface area contributed by atoms with Crippen molar-refractivity contribution >= 4 is 49.1 Å². The van der Waals surface area contributed by atoms with Crippen molar-refractivity contribution in [1.82, 2.24) is 4.98 Å². The maximum atomic E-state index is 6.24. The smallest absolute Gasteiger partial charge is 0.0993 e. The van der Waals surface area contributed by atoms with Crippen LogP contribution in [-0.4, -0.2) is 18.2 Å². The fourth-order valence-corrected chi connectivity index (χ4v) is 3.72. The molecule has 0 radical (unpaired) electrons. The second-order valence-electron chi connectivity index (χ2n) is 3.82. The highest BCUT2D eigenvalue weighted by Crippen LogP contribution is 2.38. The summed E-state index contributed by atoms with van der Waals surface area (Å²) < 4.78 is 7.38. The van der Waals surface area contributed by atoms with Crippen molar-refractivity contribution in [2.75, 3.05) is 13.2 Å². The van der Waals surface area contributed by atoms with Crippen LogP contribution in [0.5, 0.6) is 0 Å². The van der Waals surface area contributed by atoms with Crippen LogP contribution in [0.3, 0.4) is 0 Å². The zero-order valence-electron chi connectivity index (χ0n) is 8.37. The second-order valence-corrected chi connectivity index (χ2v) is 6.09. The lowest BCUT2D eigenvalue weighted by atomic mass is 10.1. The lowest BCUT2D eigenvalue weighted by molar-refractivity contribution is 0.194. The molecule has 5 heteroatoms. The fraction of sp³-hybridized carbons (Fsp3) is 0.364. The Morgan fingerprint density at radius 3 is 3.12 bits per heavy atom. The first-order valence-corrected chi connectivity index (χ1v) is 7.06. The first-order valence-electron chi connectivity index (χ1n) is 5.08. The molecule has 1 aliphatic rings. The molecule has 1 fully saturated rings. The van der Waals surface area contributed by atoms with Crippen LogP contribution in [0.1, 0.15) is 17.3 Å². The van der Waals surface area contributed by atoms with Gasteiger partial charge >= 0.3 is 0 Å².